The van der Waals surface area contributed by atoms with Gasteiger partial charge in [-0.1, -0.05) is 13.2 Å². The van der Waals surface area contributed by atoms with Crippen molar-refractivity contribution >= 4 is 11.8 Å². The molecule has 124 valence electrons. The van der Waals surface area contributed by atoms with Gasteiger partial charge in [-0.2, -0.15) is 0 Å². The van der Waals surface area contributed by atoms with Crippen molar-refractivity contribution in [3.05, 3.63) is 36.3 Å². The molecule has 0 saturated carbocycles. The van der Waals surface area contributed by atoms with Gasteiger partial charge in [0.15, 0.2) is 0 Å². The maximum atomic E-state index is 11.8. The van der Waals surface area contributed by atoms with Crippen LogP contribution in [0.4, 0.5) is 0 Å². The number of hydrogen-bond acceptors (Lipinski definition) is 5. The number of allylic oxidation sites excluding steroid dienone is 1. The molecule has 2 N–H and O–H groups in total. The Kier molecular flexibility index (Phi) is 8.86. The Hall–Kier alpha value is -2.08. The van der Waals surface area contributed by atoms with Crippen LogP contribution in [0.3, 0.4) is 0 Å². The summed E-state index contributed by atoms with van der Waals surface area (Å²) in [4.78, 5) is 24.7. The van der Waals surface area contributed by atoms with E-state index in [1.165, 1.54) is 14.0 Å². The summed E-state index contributed by atoms with van der Waals surface area (Å²) in [6, 6.07) is 0. The second kappa shape index (κ2) is 9.78. The van der Waals surface area contributed by atoms with Gasteiger partial charge in [-0.05, 0) is 25.6 Å². The van der Waals surface area contributed by atoms with Crippen LogP contribution < -0.4 is 10.6 Å². The van der Waals surface area contributed by atoms with E-state index in [-0.39, 0.29) is 0 Å². The van der Waals surface area contributed by atoms with Crippen molar-refractivity contribution < 1.29 is 14.3 Å². The maximum absolute atomic E-state index is 11.8. The third-order valence-electron chi connectivity index (χ3n) is 3.23. The highest BCUT2D eigenvalue weighted by Gasteiger charge is 2.18. The minimum atomic E-state index is -0.538. The average Bonchev–Trinajstić information content (AvgIpc) is 2.47. The van der Waals surface area contributed by atoms with Gasteiger partial charge in [0.25, 0.3) is 0 Å². The second-order valence-corrected chi connectivity index (χ2v) is 5.03. The molecule has 0 aromatic rings. The molecule has 6 nitrogen and oxygen atoms in total. The third-order valence-corrected chi connectivity index (χ3v) is 3.23. The number of methoxy groups -OCH3 is 1. The fraction of sp³-hybridized carbons (Fsp3) is 0.500. The van der Waals surface area contributed by atoms with Crippen molar-refractivity contribution in [1.82, 2.24) is 15.5 Å². The molecule has 1 unspecified atom stereocenters. The highest BCUT2D eigenvalue weighted by Crippen LogP contribution is 2.18. The topological polar surface area (TPSA) is 70.7 Å². The molecule has 0 aromatic heterocycles. The molecule has 0 heterocycles. The second-order valence-electron chi connectivity index (χ2n) is 5.03. The number of nitrogens with one attached hydrogen (secondary N) is 2. The Morgan fingerprint density at radius 2 is 1.95 bits per heavy atom. The largest absolute Gasteiger partial charge is 0.495 e. The van der Waals surface area contributed by atoms with Crippen LogP contribution in [0.2, 0.25) is 0 Å². The number of carbonyl (C=O) groups excluding carboxylic acids is 2. The summed E-state index contributed by atoms with van der Waals surface area (Å²) in [5, 5.41) is 5.30. The molecule has 0 rings (SSSR count). The molecule has 0 radical (unpaired) electrons. The zero-order valence-electron chi connectivity index (χ0n) is 14.2. The summed E-state index contributed by atoms with van der Waals surface area (Å²) in [5.41, 5.74) is 1.23. The van der Waals surface area contributed by atoms with Crippen LogP contribution in [0.15, 0.2) is 36.3 Å². The molecule has 2 amide bonds. The molecule has 0 aliphatic heterocycles. The van der Waals surface area contributed by atoms with Gasteiger partial charge in [-0.25, -0.2) is 0 Å². The summed E-state index contributed by atoms with van der Waals surface area (Å²) >= 11 is 0. The first-order valence-corrected chi connectivity index (χ1v) is 7.05. The lowest BCUT2D eigenvalue weighted by Crippen LogP contribution is -2.33. The number of likely N-dealkylation sites (N-methyl/N-ethyl adjacent to an activating group) is 2. The molecule has 0 spiro atoms. The minimum absolute atomic E-state index is 0.390. The van der Waals surface area contributed by atoms with Crippen LogP contribution in [-0.2, 0) is 14.3 Å². The van der Waals surface area contributed by atoms with E-state index in [0.717, 1.165) is 13.1 Å². The molecule has 0 bridgehead atoms. The minimum Gasteiger partial charge on any atom is -0.495 e. The van der Waals surface area contributed by atoms with Crippen LogP contribution in [-0.4, -0.2) is 51.0 Å². The van der Waals surface area contributed by atoms with Crippen molar-refractivity contribution in [3.8, 4) is 0 Å². The van der Waals surface area contributed by atoms with Gasteiger partial charge in [-0.15, -0.1) is 0 Å². The summed E-state index contributed by atoms with van der Waals surface area (Å²) in [5.74, 6) is -0.786. The predicted octanol–water partition coefficient (Wildman–Crippen LogP) is 1.04. The number of imide groups is 1. The molecular weight excluding hydrogens is 282 g/mol. The normalized spacial score (nSPS) is 12.3. The molecule has 6 heteroatoms. The zero-order valence-corrected chi connectivity index (χ0v) is 14.2. The van der Waals surface area contributed by atoms with Crippen LogP contribution in [0, 0.1) is 5.92 Å². The van der Waals surface area contributed by atoms with Crippen molar-refractivity contribution in [2.75, 3.05) is 34.3 Å². The van der Waals surface area contributed by atoms with Gasteiger partial charge in [0.1, 0.15) is 5.76 Å². The lowest BCUT2D eigenvalue weighted by Gasteiger charge is -2.23. The van der Waals surface area contributed by atoms with Crippen LogP contribution in [0.25, 0.3) is 0 Å². The fourth-order valence-corrected chi connectivity index (χ4v) is 1.61. The Morgan fingerprint density at radius 3 is 2.41 bits per heavy atom. The summed E-state index contributed by atoms with van der Waals surface area (Å²) < 4.78 is 5.33. The smallest absolute Gasteiger partial charge is 0.233 e. The number of hydrogen-bond donors (Lipinski definition) is 2. The van der Waals surface area contributed by atoms with E-state index in [9.17, 15) is 9.59 Å². The van der Waals surface area contributed by atoms with E-state index in [2.05, 4.69) is 23.8 Å². The number of rotatable bonds is 9. The van der Waals surface area contributed by atoms with Gasteiger partial charge in [0.2, 0.25) is 11.8 Å². The van der Waals surface area contributed by atoms with Crippen molar-refractivity contribution in [2.24, 2.45) is 5.92 Å². The molecule has 0 saturated heterocycles. The van der Waals surface area contributed by atoms with Gasteiger partial charge >= 0.3 is 0 Å². The quantitative estimate of drug-likeness (QED) is 0.492. The average molecular weight is 309 g/mol. The molecule has 1 atom stereocenters. The molecule has 22 heavy (non-hydrogen) atoms. The SMILES string of the molecule is C=C(/C=C(/OC)C(=C)N(C)CCNC)C(C)C(=O)NC(C)=O. The highest BCUT2D eigenvalue weighted by molar-refractivity contribution is 5.96. The lowest BCUT2D eigenvalue weighted by molar-refractivity contribution is -0.130. The van der Waals surface area contributed by atoms with E-state index >= 15 is 0 Å². The molecular formula is C16H27N3O3. The third kappa shape index (κ3) is 6.58. The van der Waals surface area contributed by atoms with Crippen LogP contribution in [0.5, 0.6) is 0 Å². The van der Waals surface area contributed by atoms with Gasteiger partial charge < -0.3 is 15.0 Å². The van der Waals surface area contributed by atoms with Gasteiger partial charge in [0, 0.05) is 27.1 Å². The number of carbonyl (C=O) groups is 2. The first-order valence-electron chi connectivity index (χ1n) is 7.05. The maximum Gasteiger partial charge on any atom is 0.233 e. The zero-order chi connectivity index (χ0) is 17.3. The summed E-state index contributed by atoms with van der Waals surface area (Å²) in [6.45, 7) is 12.4. The molecule has 0 aliphatic rings. The predicted molar refractivity (Wildman–Crippen MR) is 87.9 cm³/mol. The van der Waals surface area contributed by atoms with Crippen molar-refractivity contribution in [2.45, 2.75) is 13.8 Å². The van der Waals surface area contributed by atoms with E-state index in [1.807, 2.05) is 19.0 Å². The van der Waals surface area contributed by atoms with E-state index in [1.54, 1.807) is 13.0 Å². The first kappa shape index (κ1) is 19.9. The molecule has 0 aromatic carbocycles. The number of ether oxygens (including phenoxy) is 1. The monoisotopic (exact) mass is 309 g/mol. The number of amides is 2. The first-order chi connectivity index (χ1) is 10.2. The Balaban J connectivity index is 4.95. The van der Waals surface area contributed by atoms with Crippen LogP contribution in [0.1, 0.15) is 13.8 Å². The highest BCUT2D eigenvalue weighted by atomic mass is 16.5. The molecule has 0 aliphatic carbocycles. The van der Waals surface area contributed by atoms with Gasteiger partial charge in [-0.3, -0.25) is 14.9 Å². The lowest BCUT2D eigenvalue weighted by atomic mass is 10.0. The van der Waals surface area contributed by atoms with Crippen LogP contribution >= 0.6 is 0 Å². The fourth-order valence-electron chi connectivity index (χ4n) is 1.61. The van der Waals surface area contributed by atoms with Crippen molar-refractivity contribution in [3.63, 3.8) is 0 Å². The standard InChI is InChI=1S/C16H27N3O3/c1-11(12(2)16(21)18-14(4)20)10-15(22-7)13(3)19(6)9-8-17-5/h10,12,17H,1,3,8-9H2,2,4-7H3,(H,18,20,21)/b15-10+. The molecule has 0 fully saturated rings. The summed E-state index contributed by atoms with van der Waals surface area (Å²) in [7, 11) is 5.32. The Bertz CT molecular complexity index is 469. The van der Waals surface area contributed by atoms with Crippen molar-refractivity contribution in [1.29, 1.82) is 0 Å². The van der Waals surface area contributed by atoms with Gasteiger partial charge in [0.05, 0.1) is 18.7 Å². The Labute approximate surface area is 132 Å². The van der Waals surface area contributed by atoms with E-state index in [0.29, 0.717) is 17.0 Å². The Morgan fingerprint density at radius 1 is 1.36 bits per heavy atom. The number of nitrogens with zero attached hydrogens (tertiary/aromatic N) is 1. The van der Waals surface area contributed by atoms with E-state index < -0.39 is 17.7 Å². The summed E-state index contributed by atoms with van der Waals surface area (Å²) in [6.07, 6.45) is 1.67. The van der Waals surface area contributed by atoms with E-state index in [4.69, 9.17) is 4.74 Å².